The molecule has 2 aromatic rings. The van der Waals surface area contributed by atoms with Crippen LogP contribution in [0.25, 0.3) is 0 Å². The average Bonchev–Trinajstić information content (AvgIpc) is 3.04. The molecule has 0 bridgehead atoms. The fourth-order valence-electron chi connectivity index (χ4n) is 3.08. The first kappa shape index (κ1) is 17.0. The van der Waals surface area contributed by atoms with Gasteiger partial charge in [-0.05, 0) is 42.3 Å². The normalized spacial score (nSPS) is 16.8. The molecule has 0 radical (unpaired) electrons. The highest BCUT2D eigenvalue weighted by Gasteiger charge is 2.35. The number of amides is 2. The SMILES string of the molecule is CCc1ccccc1NC(=O)C1CC(=O)N(c2ccc(OC)cc2)C1. The monoisotopic (exact) mass is 338 g/mol. The predicted molar refractivity (Wildman–Crippen MR) is 97.9 cm³/mol. The molecule has 1 fully saturated rings. The van der Waals surface area contributed by atoms with Crippen LogP contribution in [0.15, 0.2) is 48.5 Å². The Morgan fingerprint density at radius 2 is 1.92 bits per heavy atom. The molecule has 5 nitrogen and oxygen atoms in total. The largest absolute Gasteiger partial charge is 0.497 e. The molecular weight excluding hydrogens is 316 g/mol. The first-order valence-corrected chi connectivity index (χ1v) is 8.45. The second kappa shape index (κ2) is 7.38. The Kier molecular flexibility index (Phi) is 5.03. The van der Waals surface area contributed by atoms with Gasteiger partial charge in [0.05, 0.1) is 13.0 Å². The van der Waals surface area contributed by atoms with Gasteiger partial charge in [-0.25, -0.2) is 0 Å². The van der Waals surface area contributed by atoms with E-state index in [0.29, 0.717) is 6.54 Å². The Bertz CT molecular complexity index is 771. The molecule has 0 spiro atoms. The van der Waals surface area contributed by atoms with Crippen molar-refractivity contribution in [2.75, 3.05) is 23.9 Å². The van der Waals surface area contributed by atoms with Crippen molar-refractivity contribution in [3.05, 3.63) is 54.1 Å². The minimum absolute atomic E-state index is 0.0332. The van der Waals surface area contributed by atoms with Gasteiger partial charge in [0.25, 0.3) is 0 Å². The van der Waals surface area contributed by atoms with Crippen molar-refractivity contribution in [3.63, 3.8) is 0 Å². The molecule has 1 aliphatic rings. The molecule has 1 aliphatic heterocycles. The van der Waals surface area contributed by atoms with E-state index in [1.807, 2.05) is 48.5 Å². The molecule has 5 heteroatoms. The Hall–Kier alpha value is -2.82. The molecule has 130 valence electrons. The van der Waals surface area contributed by atoms with E-state index < -0.39 is 0 Å². The Labute approximate surface area is 147 Å². The van der Waals surface area contributed by atoms with Gasteiger partial charge in [0, 0.05) is 24.3 Å². The molecule has 1 N–H and O–H groups in total. The molecule has 0 aromatic heterocycles. The number of para-hydroxylation sites is 1. The topological polar surface area (TPSA) is 58.6 Å². The molecule has 2 amide bonds. The van der Waals surface area contributed by atoms with E-state index in [2.05, 4.69) is 12.2 Å². The zero-order chi connectivity index (χ0) is 17.8. The molecule has 1 heterocycles. The van der Waals surface area contributed by atoms with Crippen molar-refractivity contribution in [1.82, 2.24) is 0 Å². The van der Waals surface area contributed by atoms with Gasteiger partial charge in [-0.1, -0.05) is 25.1 Å². The van der Waals surface area contributed by atoms with Crippen LogP contribution in [0.1, 0.15) is 18.9 Å². The van der Waals surface area contributed by atoms with E-state index in [-0.39, 0.29) is 24.2 Å². The minimum Gasteiger partial charge on any atom is -0.497 e. The van der Waals surface area contributed by atoms with Gasteiger partial charge in [-0.2, -0.15) is 0 Å². The van der Waals surface area contributed by atoms with Crippen LogP contribution in [0.4, 0.5) is 11.4 Å². The maximum Gasteiger partial charge on any atom is 0.229 e. The molecule has 1 unspecified atom stereocenters. The third-order valence-electron chi connectivity index (χ3n) is 4.54. The quantitative estimate of drug-likeness (QED) is 0.910. The lowest BCUT2D eigenvalue weighted by molar-refractivity contribution is -0.122. The summed E-state index contributed by atoms with van der Waals surface area (Å²) in [6.45, 7) is 2.45. The summed E-state index contributed by atoms with van der Waals surface area (Å²) in [5, 5.41) is 2.98. The summed E-state index contributed by atoms with van der Waals surface area (Å²) < 4.78 is 5.14. The number of anilines is 2. The van der Waals surface area contributed by atoms with E-state index in [1.54, 1.807) is 12.0 Å². The molecule has 2 aromatic carbocycles. The zero-order valence-corrected chi connectivity index (χ0v) is 14.5. The van der Waals surface area contributed by atoms with E-state index in [0.717, 1.165) is 29.1 Å². The number of nitrogens with one attached hydrogen (secondary N) is 1. The second-order valence-corrected chi connectivity index (χ2v) is 6.10. The van der Waals surface area contributed by atoms with Gasteiger partial charge in [-0.15, -0.1) is 0 Å². The second-order valence-electron chi connectivity index (χ2n) is 6.10. The van der Waals surface area contributed by atoms with Crippen molar-refractivity contribution in [3.8, 4) is 5.75 Å². The highest BCUT2D eigenvalue weighted by molar-refractivity contribution is 6.03. The average molecular weight is 338 g/mol. The number of carbonyl (C=O) groups excluding carboxylic acids is 2. The van der Waals surface area contributed by atoms with E-state index in [1.165, 1.54) is 0 Å². The lowest BCUT2D eigenvalue weighted by Gasteiger charge is -2.17. The molecule has 1 atom stereocenters. The summed E-state index contributed by atoms with van der Waals surface area (Å²) in [6, 6.07) is 15.1. The first-order valence-electron chi connectivity index (χ1n) is 8.45. The van der Waals surface area contributed by atoms with Crippen LogP contribution in [0.5, 0.6) is 5.75 Å². The number of ether oxygens (including phenoxy) is 1. The van der Waals surface area contributed by atoms with Gasteiger partial charge in [-0.3, -0.25) is 9.59 Å². The van der Waals surface area contributed by atoms with Crippen LogP contribution >= 0.6 is 0 Å². The molecule has 0 aliphatic carbocycles. The fraction of sp³-hybridized carbons (Fsp3) is 0.300. The highest BCUT2D eigenvalue weighted by Crippen LogP contribution is 2.28. The summed E-state index contributed by atoms with van der Waals surface area (Å²) in [7, 11) is 1.60. The molecule has 1 saturated heterocycles. The van der Waals surface area contributed by atoms with Gasteiger partial charge >= 0.3 is 0 Å². The summed E-state index contributed by atoms with van der Waals surface area (Å²) >= 11 is 0. The van der Waals surface area contributed by atoms with Gasteiger partial charge < -0.3 is 15.0 Å². The molecule has 3 rings (SSSR count). The standard InChI is InChI=1S/C20H22N2O3/c1-3-14-6-4-5-7-18(14)21-20(24)15-12-19(23)22(13-15)16-8-10-17(25-2)11-9-16/h4-11,15H,3,12-13H2,1-2H3,(H,21,24). The minimum atomic E-state index is -0.348. The van der Waals surface area contributed by atoms with Crippen molar-refractivity contribution in [2.45, 2.75) is 19.8 Å². The third-order valence-corrected chi connectivity index (χ3v) is 4.54. The van der Waals surface area contributed by atoms with Gasteiger partial charge in [0.15, 0.2) is 0 Å². The molecular formula is C20H22N2O3. The lowest BCUT2D eigenvalue weighted by atomic mass is 10.1. The summed E-state index contributed by atoms with van der Waals surface area (Å²) in [5.41, 5.74) is 2.70. The third kappa shape index (κ3) is 3.65. The number of benzene rings is 2. The molecule has 25 heavy (non-hydrogen) atoms. The highest BCUT2D eigenvalue weighted by atomic mass is 16.5. The zero-order valence-electron chi connectivity index (χ0n) is 14.5. The van der Waals surface area contributed by atoms with Crippen LogP contribution in [0, 0.1) is 5.92 Å². The number of hydrogen-bond acceptors (Lipinski definition) is 3. The van der Waals surface area contributed by atoms with Crippen LogP contribution in [0.3, 0.4) is 0 Å². The van der Waals surface area contributed by atoms with Crippen molar-refractivity contribution in [2.24, 2.45) is 5.92 Å². The van der Waals surface area contributed by atoms with Crippen LogP contribution in [0.2, 0.25) is 0 Å². The van der Waals surface area contributed by atoms with Crippen molar-refractivity contribution < 1.29 is 14.3 Å². The number of carbonyl (C=O) groups is 2. The molecule has 0 saturated carbocycles. The van der Waals surface area contributed by atoms with Gasteiger partial charge in [0.2, 0.25) is 11.8 Å². The van der Waals surface area contributed by atoms with Crippen LogP contribution < -0.4 is 15.0 Å². The van der Waals surface area contributed by atoms with Gasteiger partial charge in [0.1, 0.15) is 5.75 Å². The Balaban J connectivity index is 1.70. The number of aryl methyl sites for hydroxylation is 1. The summed E-state index contributed by atoms with van der Waals surface area (Å²) in [4.78, 5) is 26.6. The number of nitrogens with zero attached hydrogens (tertiary/aromatic N) is 1. The lowest BCUT2D eigenvalue weighted by Crippen LogP contribution is -2.28. The maximum absolute atomic E-state index is 12.6. The predicted octanol–water partition coefficient (Wildman–Crippen LogP) is 3.25. The van der Waals surface area contributed by atoms with Crippen molar-refractivity contribution in [1.29, 1.82) is 0 Å². The smallest absolute Gasteiger partial charge is 0.229 e. The van der Waals surface area contributed by atoms with Crippen LogP contribution in [-0.2, 0) is 16.0 Å². The maximum atomic E-state index is 12.6. The number of rotatable bonds is 5. The fourth-order valence-corrected chi connectivity index (χ4v) is 3.08. The summed E-state index contributed by atoms with van der Waals surface area (Å²) in [6.07, 6.45) is 1.07. The first-order chi connectivity index (χ1) is 12.1. The van der Waals surface area contributed by atoms with Crippen LogP contribution in [-0.4, -0.2) is 25.5 Å². The number of hydrogen-bond donors (Lipinski definition) is 1. The summed E-state index contributed by atoms with van der Waals surface area (Å²) in [5.74, 6) is 0.250. The van der Waals surface area contributed by atoms with E-state index in [9.17, 15) is 9.59 Å². The van der Waals surface area contributed by atoms with E-state index >= 15 is 0 Å². The Morgan fingerprint density at radius 3 is 2.60 bits per heavy atom. The number of methoxy groups -OCH3 is 1. The van der Waals surface area contributed by atoms with Crippen molar-refractivity contribution >= 4 is 23.2 Å². The Morgan fingerprint density at radius 1 is 1.20 bits per heavy atom. The van der Waals surface area contributed by atoms with E-state index in [4.69, 9.17) is 4.74 Å².